The van der Waals surface area contributed by atoms with Crippen molar-refractivity contribution in [3.8, 4) is 0 Å². The second-order valence-electron chi connectivity index (χ2n) is 3.22. The summed E-state index contributed by atoms with van der Waals surface area (Å²) in [5.74, 6) is -0.500. The Hall–Kier alpha value is -2.15. The lowest BCUT2D eigenvalue weighted by atomic mass is 10.1. The van der Waals surface area contributed by atoms with Crippen LogP contribution in [0.25, 0.3) is 6.08 Å². The van der Waals surface area contributed by atoms with E-state index in [1.54, 1.807) is 12.1 Å². The molecule has 1 heterocycles. The monoisotopic (exact) mass is 267 g/mol. The summed E-state index contributed by atoms with van der Waals surface area (Å²) in [7, 11) is 0. The molecule has 0 aliphatic carbocycles. The molecule has 0 saturated heterocycles. The molecule has 0 spiro atoms. The summed E-state index contributed by atoms with van der Waals surface area (Å²) in [5.41, 5.74) is 0.306. The van der Waals surface area contributed by atoms with Crippen LogP contribution in [0.15, 0.2) is 36.7 Å². The van der Waals surface area contributed by atoms with E-state index in [0.717, 1.165) is 11.5 Å². The van der Waals surface area contributed by atoms with Gasteiger partial charge in [0.05, 0.1) is 0 Å². The summed E-state index contributed by atoms with van der Waals surface area (Å²) in [6.07, 6.45) is 0.0914. The van der Waals surface area contributed by atoms with E-state index in [2.05, 4.69) is 14.7 Å². The van der Waals surface area contributed by atoms with Crippen molar-refractivity contribution in [2.45, 2.75) is 0 Å². The summed E-state index contributed by atoms with van der Waals surface area (Å²) in [5, 5.41) is 2.80. The molecule has 7 heteroatoms. The largest absolute Gasteiger partial charge is 0.297 e. The second-order valence-corrected chi connectivity index (χ2v) is 4.00. The van der Waals surface area contributed by atoms with E-state index in [0.29, 0.717) is 11.2 Å². The van der Waals surface area contributed by atoms with Crippen molar-refractivity contribution < 1.29 is 13.6 Å². The van der Waals surface area contributed by atoms with Crippen LogP contribution in [0.1, 0.15) is 15.9 Å². The molecule has 0 aliphatic rings. The van der Waals surface area contributed by atoms with Crippen molar-refractivity contribution in [3.63, 3.8) is 0 Å². The molecule has 2 aromatic rings. The molecule has 1 N–H and O–H groups in total. The van der Waals surface area contributed by atoms with Gasteiger partial charge in [-0.3, -0.25) is 10.1 Å². The highest BCUT2D eigenvalue weighted by atomic mass is 32.1. The zero-order chi connectivity index (χ0) is 13.0. The maximum Gasteiger partial charge on any atom is 0.270 e. The summed E-state index contributed by atoms with van der Waals surface area (Å²) < 4.78 is 28.2. The smallest absolute Gasteiger partial charge is 0.270 e. The van der Waals surface area contributed by atoms with Crippen LogP contribution in [0.2, 0.25) is 0 Å². The molecule has 0 radical (unpaired) electrons. The second kappa shape index (κ2) is 5.46. The molecular weight excluding hydrogens is 260 g/mol. The van der Waals surface area contributed by atoms with Gasteiger partial charge in [-0.05, 0) is 11.6 Å². The van der Waals surface area contributed by atoms with Gasteiger partial charge >= 0.3 is 0 Å². The molecule has 0 unspecified atom stereocenters. The third-order valence-corrected chi connectivity index (χ3v) is 2.63. The van der Waals surface area contributed by atoms with E-state index in [9.17, 15) is 13.6 Å². The third-order valence-electron chi connectivity index (χ3n) is 2.05. The molecule has 18 heavy (non-hydrogen) atoms. The topological polar surface area (TPSA) is 54.9 Å². The van der Waals surface area contributed by atoms with Gasteiger partial charge in [-0.25, -0.2) is 4.98 Å². The van der Waals surface area contributed by atoms with E-state index in [4.69, 9.17) is 0 Å². The third kappa shape index (κ3) is 2.95. The van der Waals surface area contributed by atoms with Gasteiger partial charge in [0.1, 0.15) is 6.33 Å². The number of amides is 1. The summed E-state index contributed by atoms with van der Waals surface area (Å²) in [4.78, 5) is 15.7. The Morgan fingerprint density at radius 2 is 2.11 bits per heavy atom. The number of rotatable bonds is 3. The first-order chi connectivity index (χ1) is 8.66. The zero-order valence-corrected chi connectivity index (χ0v) is 9.75. The van der Waals surface area contributed by atoms with Gasteiger partial charge in [-0.1, -0.05) is 18.2 Å². The highest BCUT2D eigenvalue weighted by Crippen LogP contribution is 2.16. The number of benzene rings is 1. The highest BCUT2D eigenvalue weighted by molar-refractivity contribution is 7.09. The van der Waals surface area contributed by atoms with E-state index in [-0.39, 0.29) is 11.1 Å². The van der Waals surface area contributed by atoms with Crippen LogP contribution in [-0.4, -0.2) is 15.3 Å². The molecule has 0 aliphatic heterocycles. The van der Waals surface area contributed by atoms with Gasteiger partial charge in [0.15, 0.2) is 0 Å². The van der Waals surface area contributed by atoms with Crippen molar-refractivity contribution in [1.82, 2.24) is 9.36 Å². The predicted octanol–water partition coefficient (Wildman–Crippen LogP) is 3.03. The number of halogens is 2. The number of carbonyl (C=O) groups is 1. The minimum atomic E-state index is -1.86. The number of carbonyl (C=O) groups excluding carboxylic acids is 1. The van der Waals surface area contributed by atoms with Crippen molar-refractivity contribution >= 4 is 28.6 Å². The van der Waals surface area contributed by atoms with E-state index in [1.807, 2.05) is 0 Å². The van der Waals surface area contributed by atoms with Crippen molar-refractivity contribution in [3.05, 3.63) is 47.8 Å². The quantitative estimate of drug-likeness (QED) is 0.930. The van der Waals surface area contributed by atoms with Gasteiger partial charge in [0.25, 0.3) is 12.0 Å². The van der Waals surface area contributed by atoms with Crippen molar-refractivity contribution in [1.29, 1.82) is 0 Å². The Morgan fingerprint density at radius 3 is 2.78 bits per heavy atom. The van der Waals surface area contributed by atoms with Crippen LogP contribution < -0.4 is 5.32 Å². The molecular formula is C11H7F2N3OS. The first kappa shape index (κ1) is 12.3. The van der Waals surface area contributed by atoms with Gasteiger partial charge in [-0.15, -0.1) is 0 Å². The summed E-state index contributed by atoms with van der Waals surface area (Å²) in [6, 6.07) is 6.08. The molecule has 0 saturated carbocycles. The van der Waals surface area contributed by atoms with E-state index in [1.165, 1.54) is 18.5 Å². The highest BCUT2D eigenvalue weighted by Gasteiger charge is 2.11. The van der Waals surface area contributed by atoms with Gasteiger partial charge in [-0.2, -0.15) is 13.2 Å². The zero-order valence-electron chi connectivity index (χ0n) is 8.93. The summed E-state index contributed by atoms with van der Waals surface area (Å²) in [6.45, 7) is 0. The number of hydrogen-bond donors (Lipinski definition) is 1. The number of anilines is 1. The molecule has 0 fully saturated rings. The van der Waals surface area contributed by atoms with Crippen LogP contribution in [0.4, 0.5) is 13.9 Å². The van der Waals surface area contributed by atoms with Crippen molar-refractivity contribution in [2.24, 2.45) is 0 Å². The van der Waals surface area contributed by atoms with Crippen LogP contribution in [0, 0.1) is 0 Å². The number of nitrogens with one attached hydrogen (secondary N) is 1. The summed E-state index contributed by atoms with van der Waals surface area (Å²) >= 11 is 1.01. The van der Waals surface area contributed by atoms with Gasteiger partial charge in [0.2, 0.25) is 5.13 Å². The molecule has 92 valence electrons. The predicted molar refractivity (Wildman–Crippen MR) is 64.5 cm³/mol. The Labute approximate surface area is 105 Å². The fraction of sp³-hybridized carbons (Fsp3) is 0. The number of nitrogens with zero attached hydrogens (tertiary/aromatic N) is 2. The van der Waals surface area contributed by atoms with E-state index >= 15 is 0 Å². The fourth-order valence-electron chi connectivity index (χ4n) is 1.34. The molecule has 1 aromatic heterocycles. The molecule has 0 atom stereocenters. The Balaban J connectivity index is 2.27. The number of aromatic nitrogens is 2. The first-order valence-electron chi connectivity index (χ1n) is 4.86. The average molecular weight is 267 g/mol. The molecule has 1 aromatic carbocycles. The minimum absolute atomic E-state index is 0.152. The van der Waals surface area contributed by atoms with E-state index < -0.39 is 12.0 Å². The SMILES string of the molecule is O=C(Nc1ncns1)c1ccccc1C=C(F)F. The van der Waals surface area contributed by atoms with Gasteiger partial charge in [0, 0.05) is 23.2 Å². The molecule has 0 bridgehead atoms. The standard InChI is InChI=1S/C11H7F2N3OS/c12-9(13)5-7-3-1-2-4-8(7)10(17)16-11-14-6-15-18-11/h1-6H,(H,14,15,16,17). The van der Waals surface area contributed by atoms with Crippen LogP contribution in [0.5, 0.6) is 0 Å². The lowest BCUT2D eigenvalue weighted by Crippen LogP contribution is -2.13. The lowest BCUT2D eigenvalue weighted by molar-refractivity contribution is 0.102. The Morgan fingerprint density at radius 1 is 1.33 bits per heavy atom. The fourth-order valence-corrected chi connectivity index (χ4v) is 1.77. The number of hydrogen-bond acceptors (Lipinski definition) is 4. The first-order valence-corrected chi connectivity index (χ1v) is 5.64. The lowest BCUT2D eigenvalue weighted by Gasteiger charge is -2.04. The Bertz CT molecular complexity index is 580. The normalized spacial score (nSPS) is 9.89. The molecule has 2 rings (SSSR count). The molecule has 1 amide bonds. The van der Waals surface area contributed by atoms with Crippen LogP contribution in [0.3, 0.4) is 0 Å². The maximum absolute atomic E-state index is 12.3. The van der Waals surface area contributed by atoms with Crippen molar-refractivity contribution in [2.75, 3.05) is 5.32 Å². The van der Waals surface area contributed by atoms with Gasteiger partial charge < -0.3 is 0 Å². The van der Waals surface area contributed by atoms with Crippen LogP contribution >= 0.6 is 11.5 Å². The Kier molecular flexibility index (Phi) is 3.73. The van der Waals surface area contributed by atoms with Crippen LogP contribution in [-0.2, 0) is 0 Å². The maximum atomic E-state index is 12.3. The molecule has 4 nitrogen and oxygen atoms in total. The minimum Gasteiger partial charge on any atom is -0.297 e. The average Bonchev–Trinajstić information content (AvgIpc) is 2.81.